The number of ether oxygens (including phenoxy) is 2. The predicted molar refractivity (Wildman–Crippen MR) is 127 cm³/mol. The Labute approximate surface area is 201 Å². The number of aliphatic imine (C=N–C) groups is 1. The molecule has 1 amide bonds. The molecule has 0 saturated heterocycles. The Balaban J connectivity index is 1.69. The third-order valence-electron chi connectivity index (χ3n) is 5.80. The largest absolute Gasteiger partial charge is 0.491 e. The first kappa shape index (κ1) is 24.0. The van der Waals surface area contributed by atoms with E-state index in [1.807, 2.05) is 6.07 Å². The highest BCUT2D eigenvalue weighted by molar-refractivity contribution is 6.19. The number of benzene rings is 1. The molecule has 0 aliphatic carbocycles. The number of carbonyl (C=O) groups is 1. The lowest BCUT2D eigenvalue weighted by Gasteiger charge is -2.32. The normalized spacial score (nSPS) is 17.3. The molecule has 1 aliphatic heterocycles. The van der Waals surface area contributed by atoms with Crippen LogP contribution in [0.1, 0.15) is 23.7 Å². The van der Waals surface area contributed by atoms with E-state index >= 15 is 0 Å². The molecule has 9 heteroatoms. The zero-order valence-electron chi connectivity index (χ0n) is 19.5. The zero-order chi connectivity index (χ0) is 25.0. The summed E-state index contributed by atoms with van der Waals surface area (Å²) in [6.07, 6.45) is 5.04. The molecule has 4 rings (SSSR count). The van der Waals surface area contributed by atoms with Crippen LogP contribution in [-0.4, -0.2) is 42.4 Å². The molecular weight excluding hydrogens is 454 g/mol. The van der Waals surface area contributed by atoms with E-state index in [2.05, 4.69) is 20.3 Å². The number of nitrogens with one attached hydrogen (secondary N) is 1. The van der Waals surface area contributed by atoms with Gasteiger partial charge in [-0.1, -0.05) is 18.2 Å². The van der Waals surface area contributed by atoms with E-state index in [0.717, 1.165) is 17.2 Å². The Morgan fingerprint density at radius 2 is 1.94 bits per heavy atom. The molecule has 35 heavy (non-hydrogen) atoms. The molecule has 0 radical (unpaired) electrons. The van der Waals surface area contributed by atoms with E-state index in [-0.39, 0.29) is 30.2 Å². The highest BCUT2D eigenvalue weighted by Gasteiger charge is 2.41. The zero-order valence-corrected chi connectivity index (χ0v) is 19.5. The van der Waals surface area contributed by atoms with Crippen molar-refractivity contribution in [3.05, 3.63) is 89.4 Å². The first-order valence-corrected chi connectivity index (χ1v) is 10.8. The lowest BCUT2D eigenvalue weighted by molar-refractivity contribution is -0.125. The average molecular weight is 478 g/mol. The van der Waals surface area contributed by atoms with Crippen molar-refractivity contribution in [1.29, 1.82) is 0 Å². The quantitative estimate of drug-likeness (QED) is 0.555. The van der Waals surface area contributed by atoms with Crippen molar-refractivity contribution < 1.29 is 23.0 Å². The summed E-state index contributed by atoms with van der Waals surface area (Å²) >= 11 is 0. The maximum absolute atomic E-state index is 14.8. The number of halogens is 2. The molecule has 1 aromatic carbocycles. The summed E-state index contributed by atoms with van der Waals surface area (Å²) in [5.41, 5.74) is 0.751. The minimum atomic E-state index is -1.39. The Kier molecular flexibility index (Phi) is 6.86. The number of hydrogen-bond donors (Lipinski definition) is 1. The number of methoxy groups -OCH3 is 2. The smallest absolute Gasteiger partial charge is 0.257 e. The lowest BCUT2D eigenvalue weighted by Crippen LogP contribution is -2.45. The lowest BCUT2D eigenvalue weighted by atomic mass is 9.76. The first-order valence-electron chi connectivity index (χ1n) is 10.8. The van der Waals surface area contributed by atoms with Crippen LogP contribution in [0.2, 0.25) is 0 Å². The van der Waals surface area contributed by atoms with Gasteiger partial charge in [0.25, 0.3) is 5.88 Å². The SMILES string of the molecule is COc1ccc(CNC(=O)C2(C)C=C(c3cccnc3)CN=C2c2cccc(F)c2F)nc1OC. The van der Waals surface area contributed by atoms with E-state index in [9.17, 15) is 13.6 Å². The number of amides is 1. The molecule has 3 aromatic rings. The van der Waals surface area contributed by atoms with Gasteiger partial charge in [0.05, 0.1) is 38.7 Å². The Hall–Kier alpha value is -4.14. The fourth-order valence-electron chi connectivity index (χ4n) is 3.96. The Morgan fingerprint density at radius 3 is 2.66 bits per heavy atom. The van der Waals surface area contributed by atoms with E-state index in [0.29, 0.717) is 11.4 Å². The van der Waals surface area contributed by atoms with Gasteiger partial charge in [-0.15, -0.1) is 0 Å². The second-order valence-corrected chi connectivity index (χ2v) is 8.08. The van der Waals surface area contributed by atoms with Crippen LogP contribution in [0.5, 0.6) is 11.6 Å². The molecule has 1 N–H and O–H groups in total. The van der Waals surface area contributed by atoms with Crippen LogP contribution in [0, 0.1) is 17.0 Å². The molecular formula is C26H24F2N4O3. The van der Waals surface area contributed by atoms with E-state index in [1.165, 1.54) is 26.4 Å². The van der Waals surface area contributed by atoms with Crippen LogP contribution in [0.25, 0.3) is 5.57 Å². The van der Waals surface area contributed by atoms with E-state index in [1.54, 1.807) is 43.6 Å². The van der Waals surface area contributed by atoms with Crippen molar-refractivity contribution in [2.45, 2.75) is 13.5 Å². The minimum Gasteiger partial charge on any atom is -0.491 e. The number of nitrogens with zero attached hydrogens (tertiary/aromatic N) is 3. The minimum absolute atomic E-state index is 0.0617. The van der Waals surface area contributed by atoms with Gasteiger partial charge in [0, 0.05) is 18.0 Å². The van der Waals surface area contributed by atoms with Gasteiger partial charge >= 0.3 is 0 Å². The monoisotopic (exact) mass is 478 g/mol. The van der Waals surface area contributed by atoms with E-state index in [4.69, 9.17) is 9.47 Å². The van der Waals surface area contributed by atoms with Crippen LogP contribution in [0.4, 0.5) is 8.78 Å². The van der Waals surface area contributed by atoms with E-state index < -0.39 is 23.0 Å². The molecule has 1 atom stereocenters. The molecule has 0 fully saturated rings. The molecule has 1 aliphatic rings. The number of dihydropyridines is 1. The maximum atomic E-state index is 14.8. The van der Waals surface area contributed by atoms with Gasteiger partial charge in [-0.3, -0.25) is 14.8 Å². The summed E-state index contributed by atoms with van der Waals surface area (Å²) in [5, 5.41) is 2.85. The third-order valence-corrected chi connectivity index (χ3v) is 5.80. The summed E-state index contributed by atoms with van der Waals surface area (Å²) in [6, 6.07) is 10.9. The van der Waals surface area contributed by atoms with Crippen LogP contribution >= 0.6 is 0 Å². The van der Waals surface area contributed by atoms with Crippen LogP contribution < -0.4 is 14.8 Å². The van der Waals surface area contributed by atoms with Crippen molar-refractivity contribution in [2.24, 2.45) is 10.4 Å². The van der Waals surface area contributed by atoms with Crippen molar-refractivity contribution in [2.75, 3.05) is 20.8 Å². The number of aromatic nitrogens is 2. The summed E-state index contributed by atoms with van der Waals surface area (Å²) in [4.78, 5) is 26.6. The highest BCUT2D eigenvalue weighted by atomic mass is 19.2. The van der Waals surface area contributed by atoms with Crippen LogP contribution in [-0.2, 0) is 11.3 Å². The second-order valence-electron chi connectivity index (χ2n) is 8.08. The summed E-state index contributed by atoms with van der Waals surface area (Å²) in [7, 11) is 2.97. The van der Waals surface area contributed by atoms with Gasteiger partial charge < -0.3 is 14.8 Å². The topological polar surface area (TPSA) is 85.7 Å². The fourth-order valence-corrected chi connectivity index (χ4v) is 3.96. The number of hydrogen-bond acceptors (Lipinski definition) is 6. The molecule has 0 spiro atoms. The number of pyridine rings is 2. The van der Waals surface area contributed by atoms with Crippen molar-refractivity contribution >= 4 is 17.2 Å². The van der Waals surface area contributed by atoms with Gasteiger partial charge in [-0.2, -0.15) is 0 Å². The van der Waals surface area contributed by atoms with Crippen molar-refractivity contribution in [3.63, 3.8) is 0 Å². The van der Waals surface area contributed by atoms with Gasteiger partial charge in [0.1, 0.15) is 5.41 Å². The molecule has 3 heterocycles. The first-order chi connectivity index (χ1) is 16.9. The van der Waals surface area contributed by atoms with Gasteiger partial charge in [0.15, 0.2) is 17.4 Å². The van der Waals surface area contributed by atoms with Crippen LogP contribution in [0.15, 0.2) is 65.9 Å². The molecule has 180 valence electrons. The molecule has 7 nitrogen and oxygen atoms in total. The number of rotatable bonds is 7. The fraction of sp³-hybridized carbons (Fsp3) is 0.231. The molecule has 2 aromatic heterocycles. The van der Waals surface area contributed by atoms with Crippen molar-refractivity contribution in [1.82, 2.24) is 15.3 Å². The predicted octanol–water partition coefficient (Wildman–Crippen LogP) is 3.98. The molecule has 0 saturated carbocycles. The standard InChI is InChI=1S/C26H24F2N4O3/c1-26(25(33)31-15-18-9-10-21(34-2)24(32-18)35-3)12-17(16-6-5-11-29-13-16)14-30-23(26)19-7-4-8-20(27)22(19)28/h4-13H,14-15H2,1-3H3,(H,31,33). The third kappa shape index (κ3) is 4.75. The average Bonchev–Trinajstić information content (AvgIpc) is 2.89. The molecule has 1 unspecified atom stereocenters. The van der Waals surface area contributed by atoms with Crippen molar-refractivity contribution in [3.8, 4) is 11.6 Å². The van der Waals surface area contributed by atoms with Gasteiger partial charge in [-0.25, -0.2) is 13.8 Å². The summed E-state index contributed by atoms with van der Waals surface area (Å²) < 4.78 is 39.2. The van der Waals surface area contributed by atoms with Crippen LogP contribution in [0.3, 0.4) is 0 Å². The summed E-state index contributed by atoms with van der Waals surface area (Å²) in [5.74, 6) is -1.76. The maximum Gasteiger partial charge on any atom is 0.257 e. The molecule has 0 bridgehead atoms. The Bertz CT molecular complexity index is 1310. The van der Waals surface area contributed by atoms with Gasteiger partial charge in [-0.05, 0) is 48.4 Å². The second kappa shape index (κ2) is 10.0. The highest BCUT2D eigenvalue weighted by Crippen LogP contribution is 2.35. The van der Waals surface area contributed by atoms with Gasteiger partial charge in [0.2, 0.25) is 5.91 Å². The summed E-state index contributed by atoms with van der Waals surface area (Å²) in [6.45, 7) is 1.89. The Morgan fingerprint density at radius 1 is 1.11 bits per heavy atom. The number of carbonyl (C=O) groups excluding carboxylic acids is 1.